The summed E-state index contributed by atoms with van der Waals surface area (Å²) in [5, 5.41) is 4.58. The highest BCUT2D eigenvalue weighted by Crippen LogP contribution is 2.24. The third kappa shape index (κ3) is 2.95. The predicted molar refractivity (Wildman–Crippen MR) is 77.5 cm³/mol. The third-order valence-electron chi connectivity index (χ3n) is 2.87. The molecule has 1 aromatic carbocycles. The van der Waals surface area contributed by atoms with Crippen LogP contribution in [0.25, 0.3) is 0 Å². The summed E-state index contributed by atoms with van der Waals surface area (Å²) in [5.41, 5.74) is 4.32. The molecular weight excluding hydrogens is 267 g/mol. The van der Waals surface area contributed by atoms with Crippen molar-refractivity contribution in [2.24, 2.45) is 0 Å². The van der Waals surface area contributed by atoms with Crippen LogP contribution in [-0.4, -0.2) is 4.98 Å². The zero-order valence-corrected chi connectivity index (χ0v) is 11.8. The second-order valence-electron chi connectivity index (χ2n) is 4.22. The Labute approximate surface area is 117 Å². The van der Waals surface area contributed by atoms with Crippen molar-refractivity contribution in [3.63, 3.8) is 0 Å². The van der Waals surface area contributed by atoms with Crippen LogP contribution in [0.15, 0.2) is 30.5 Å². The monoisotopic (exact) mass is 280 g/mol. The molecule has 2 rings (SSSR count). The normalized spacial score (nSPS) is 10.4. The molecule has 0 fully saturated rings. The molecule has 2 nitrogen and oxygen atoms in total. The lowest BCUT2D eigenvalue weighted by Crippen LogP contribution is -2.04. The Balaban J connectivity index is 2.16. The van der Waals surface area contributed by atoms with Crippen LogP contribution >= 0.6 is 23.2 Å². The first kappa shape index (κ1) is 13.2. The van der Waals surface area contributed by atoms with Crippen molar-refractivity contribution in [1.29, 1.82) is 0 Å². The molecule has 0 radical (unpaired) electrons. The van der Waals surface area contributed by atoms with Crippen molar-refractivity contribution >= 4 is 28.9 Å². The molecule has 94 valence electrons. The van der Waals surface area contributed by atoms with Crippen LogP contribution in [0.5, 0.6) is 0 Å². The maximum atomic E-state index is 6.07. The van der Waals surface area contributed by atoms with Gasteiger partial charge in [-0.25, -0.2) is 4.98 Å². The number of rotatable bonds is 3. The minimum atomic E-state index is 0.501. The Morgan fingerprint density at radius 3 is 2.56 bits per heavy atom. The van der Waals surface area contributed by atoms with Crippen molar-refractivity contribution in [3.05, 3.63) is 57.3 Å². The standard InChI is InChI=1S/C14H14Cl2N2/c1-9-5-6-17-14(16)13(9)18-8-11-3-4-12(15)7-10(11)2/h3-7,18H,8H2,1-2H3. The number of aryl methyl sites for hydroxylation is 2. The molecule has 0 aliphatic carbocycles. The van der Waals surface area contributed by atoms with E-state index in [9.17, 15) is 0 Å². The number of anilines is 1. The lowest BCUT2D eigenvalue weighted by Gasteiger charge is -2.12. The minimum absolute atomic E-state index is 0.501. The van der Waals surface area contributed by atoms with Gasteiger partial charge < -0.3 is 5.32 Å². The second-order valence-corrected chi connectivity index (χ2v) is 5.01. The van der Waals surface area contributed by atoms with E-state index >= 15 is 0 Å². The molecule has 0 aliphatic heterocycles. The average Bonchev–Trinajstić information content (AvgIpc) is 2.31. The molecule has 0 unspecified atom stereocenters. The van der Waals surface area contributed by atoms with Crippen LogP contribution in [0.1, 0.15) is 16.7 Å². The predicted octanol–water partition coefficient (Wildman–Crippen LogP) is 4.62. The first-order valence-electron chi connectivity index (χ1n) is 5.68. The van der Waals surface area contributed by atoms with Crippen LogP contribution in [0, 0.1) is 13.8 Å². The van der Waals surface area contributed by atoms with Gasteiger partial charge in [0.2, 0.25) is 0 Å². The summed E-state index contributed by atoms with van der Waals surface area (Å²) in [6.45, 7) is 4.75. The molecule has 0 bridgehead atoms. The van der Waals surface area contributed by atoms with Crippen molar-refractivity contribution < 1.29 is 0 Å². The Morgan fingerprint density at radius 1 is 1.11 bits per heavy atom. The zero-order valence-electron chi connectivity index (χ0n) is 10.3. The van der Waals surface area contributed by atoms with Gasteiger partial charge in [-0.2, -0.15) is 0 Å². The minimum Gasteiger partial charge on any atom is -0.378 e. The number of benzene rings is 1. The Hall–Kier alpha value is -1.25. The number of nitrogens with zero attached hydrogens (tertiary/aromatic N) is 1. The molecule has 0 aliphatic rings. The number of pyridine rings is 1. The van der Waals surface area contributed by atoms with E-state index in [1.165, 1.54) is 5.56 Å². The van der Waals surface area contributed by atoms with E-state index in [1.54, 1.807) is 6.20 Å². The second kappa shape index (κ2) is 5.59. The van der Waals surface area contributed by atoms with Gasteiger partial charge >= 0.3 is 0 Å². The smallest absolute Gasteiger partial charge is 0.152 e. The van der Waals surface area contributed by atoms with Gasteiger partial charge in [0.25, 0.3) is 0 Å². The van der Waals surface area contributed by atoms with Gasteiger partial charge in [0.1, 0.15) is 0 Å². The van der Waals surface area contributed by atoms with Gasteiger partial charge in [-0.3, -0.25) is 0 Å². The van der Waals surface area contributed by atoms with Gasteiger partial charge in [0.05, 0.1) is 5.69 Å². The average molecular weight is 281 g/mol. The fourth-order valence-corrected chi connectivity index (χ4v) is 2.28. The van der Waals surface area contributed by atoms with Crippen LogP contribution in [0.3, 0.4) is 0 Å². The zero-order chi connectivity index (χ0) is 13.1. The SMILES string of the molecule is Cc1cc(Cl)ccc1CNc1c(C)ccnc1Cl. The molecule has 0 atom stereocenters. The molecule has 0 amide bonds. The molecule has 1 N–H and O–H groups in total. The van der Waals surface area contributed by atoms with Crippen LogP contribution < -0.4 is 5.32 Å². The molecule has 2 aromatic rings. The summed E-state index contributed by atoms with van der Waals surface area (Å²) in [6.07, 6.45) is 1.70. The molecule has 0 saturated carbocycles. The first-order chi connectivity index (χ1) is 8.58. The van der Waals surface area contributed by atoms with E-state index in [1.807, 2.05) is 38.1 Å². The summed E-state index contributed by atoms with van der Waals surface area (Å²) >= 11 is 12.0. The summed E-state index contributed by atoms with van der Waals surface area (Å²) in [5.74, 6) is 0. The van der Waals surface area contributed by atoms with Gasteiger partial charge in [-0.15, -0.1) is 0 Å². The topological polar surface area (TPSA) is 24.9 Å². The Bertz CT molecular complexity index is 547. The molecule has 1 heterocycles. The fraction of sp³-hybridized carbons (Fsp3) is 0.214. The van der Waals surface area contributed by atoms with Crippen LogP contribution in [-0.2, 0) is 6.54 Å². The third-order valence-corrected chi connectivity index (χ3v) is 3.39. The highest BCUT2D eigenvalue weighted by Gasteiger charge is 2.05. The quantitative estimate of drug-likeness (QED) is 0.830. The van der Waals surface area contributed by atoms with Gasteiger partial charge in [-0.05, 0) is 48.7 Å². The van der Waals surface area contributed by atoms with E-state index in [0.717, 1.165) is 21.8 Å². The maximum Gasteiger partial charge on any atom is 0.152 e. The number of halogens is 2. The van der Waals surface area contributed by atoms with Crippen LogP contribution in [0.4, 0.5) is 5.69 Å². The molecule has 18 heavy (non-hydrogen) atoms. The molecular formula is C14H14Cl2N2. The van der Waals surface area contributed by atoms with Gasteiger partial charge in [0.15, 0.2) is 5.15 Å². The van der Waals surface area contributed by atoms with Crippen LogP contribution in [0.2, 0.25) is 10.2 Å². The Kier molecular flexibility index (Phi) is 4.10. The van der Waals surface area contributed by atoms with E-state index in [4.69, 9.17) is 23.2 Å². The highest BCUT2D eigenvalue weighted by atomic mass is 35.5. The summed E-state index contributed by atoms with van der Waals surface area (Å²) in [6, 6.07) is 7.80. The first-order valence-corrected chi connectivity index (χ1v) is 6.43. The summed E-state index contributed by atoms with van der Waals surface area (Å²) in [7, 11) is 0. The van der Waals surface area contributed by atoms with Crippen molar-refractivity contribution in [2.45, 2.75) is 20.4 Å². The maximum absolute atomic E-state index is 6.07. The van der Waals surface area contributed by atoms with Crippen molar-refractivity contribution in [1.82, 2.24) is 4.98 Å². The lowest BCUT2D eigenvalue weighted by atomic mass is 10.1. The molecule has 4 heteroatoms. The summed E-state index contributed by atoms with van der Waals surface area (Å²) in [4.78, 5) is 4.07. The van der Waals surface area contributed by atoms with E-state index in [0.29, 0.717) is 11.7 Å². The number of hydrogen-bond donors (Lipinski definition) is 1. The molecule has 1 aromatic heterocycles. The summed E-state index contributed by atoms with van der Waals surface area (Å²) < 4.78 is 0. The largest absolute Gasteiger partial charge is 0.378 e. The molecule has 0 saturated heterocycles. The number of nitrogens with one attached hydrogen (secondary N) is 1. The fourth-order valence-electron chi connectivity index (χ4n) is 1.78. The van der Waals surface area contributed by atoms with E-state index in [-0.39, 0.29) is 0 Å². The molecule has 0 spiro atoms. The number of aromatic nitrogens is 1. The highest BCUT2D eigenvalue weighted by molar-refractivity contribution is 6.32. The lowest BCUT2D eigenvalue weighted by molar-refractivity contribution is 1.10. The van der Waals surface area contributed by atoms with Gasteiger partial charge in [0, 0.05) is 17.8 Å². The number of hydrogen-bond acceptors (Lipinski definition) is 2. The van der Waals surface area contributed by atoms with Crippen molar-refractivity contribution in [2.75, 3.05) is 5.32 Å². The Morgan fingerprint density at radius 2 is 1.89 bits per heavy atom. The van der Waals surface area contributed by atoms with E-state index < -0.39 is 0 Å². The van der Waals surface area contributed by atoms with Crippen molar-refractivity contribution in [3.8, 4) is 0 Å². The van der Waals surface area contributed by atoms with E-state index in [2.05, 4.69) is 10.3 Å². The van der Waals surface area contributed by atoms with Gasteiger partial charge in [-0.1, -0.05) is 29.3 Å².